The van der Waals surface area contributed by atoms with Crippen LogP contribution in [0.25, 0.3) is 0 Å². The van der Waals surface area contributed by atoms with Crippen molar-refractivity contribution in [1.82, 2.24) is 9.97 Å². The van der Waals surface area contributed by atoms with Crippen LogP contribution in [-0.4, -0.2) is 29.1 Å². The second-order valence-electron chi connectivity index (χ2n) is 3.06. The molecule has 2 heterocycles. The fourth-order valence-electron chi connectivity index (χ4n) is 1.45. The number of nitrogens with two attached hydrogens (primary N) is 1. The van der Waals surface area contributed by atoms with E-state index in [4.69, 9.17) is 5.73 Å². The van der Waals surface area contributed by atoms with E-state index in [1.54, 1.807) is 18.6 Å². The predicted octanol–water partition coefficient (Wildman–Crippen LogP) is 0.858. The van der Waals surface area contributed by atoms with Gasteiger partial charge in [-0.15, -0.1) is 24.8 Å². The first-order valence-electron chi connectivity index (χ1n) is 4.13. The molecule has 0 saturated carbocycles. The van der Waals surface area contributed by atoms with E-state index in [0.717, 1.165) is 25.3 Å². The van der Waals surface area contributed by atoms with Gasteiger partial charge >= 0.3 is 0 Å². The molecule has 1 aromatic rings. The molecule has 0 amide bonds. The highest BCUT2D eigenvalue weighted by Gasteiger charge is 2.19. The average molecular weight is 237 g/mol. The van der Waals surface area contributed by atoms with Crippen molar-refractivity contribution in [2.24, 2.45) is 5.73 Å². The van der Waals surface area contributed by atoms with Gasteiger partial charge in [0.15, 0.2) is 0 Å². The summed E-state index contributed by atoms with van der Waals surface area (Å²) in [7, 11) is 0. The third kappa shape index (κ3) is 2.97. The highest BCUT2D eigenvalue weighted by Crippen LogP contribution is 2.14. The van der Waals surface area contributed by atoms with Crippen LogP contribution in [0.3, 0.4) is 0 Å². The first kappa shape index (κ1) is 13.4. The fraction of sp³-hybridized carbons (Fsp3) is 0.500. The minimum atomic E-state index is 0. The van der Waals surface area contributed by atoms with Crippen LogP contribution in [0.5, 0.6) is 0 Å². The van der Waals surface area contributed by atoms with E-state index in [9.17, 15) is 0 Å². The highest BCUT2D eigenvalue weighted by molar-refractivity contribution is 5.85. The van der Waals surface area contributed by atoms with E-state index in [2.05, 4.69) is 14.9 Å². The number of hydrogen-bond acceptors (Lipinski definition) is 4. The molecule has 0 radical (unpaired) electrons. The van der Waals surface area contributed by atoms with Crippen LogP contribution in [0.4, 0.5) is 5.82 Å². The van der Waals surface area contributed by atoms with Crippen molar-refractivity contribution in [3.8, 4) is 0 Å². The number of hydrogen-bond donors (Lipinski definition) is 1. The first-order valence-corrected chi connectivity index (χ1v) is 4.13. The maximum atomic E-state index is 5.77. The standard InChI is InChI=1S/C8H12N4.2ClH/c9-7-1-4-12(6-7)8-5-10-2-3-11-8;;/h2-3,5,7H,1,4,6,9H2;2*1H/t7-;;/m1../s1. The molecule has 1 aliphatic heterocycles. The number of nitrogens with zero attached hydrogens (tertiary/aromatic N) is 3. The van der Waals surface area contributed by atoms with E-state index in [1.807, 2.05) is 0 Å². The van der Waals surface area contributed by atoms with Crippen LogP contribution < -0.4 is 10.6 Å². The molecule has 1 atom stereocenters. The molecule has 0 bridgehead atoms. The van der Waals surface area contributed by atoms with Crippen molar-refractivity contribution in [3.63, 3.8) is 0 Å². The third-order valence-electron chi connectivity index (χ3n) is 2.10. The predicted molar refractivity (Wildman–Crippen MR) is 61.3 cm³/mol. The van der Waals surface area contributed by atoms with Gasteiger partial charge in [-0.25, -0.2) is 4.98 Å². The Kier molecular flexibility index (Phi) is 5.76. The zero-order valence-electron chi connectivity index (χ0n) is 7.67. The summed E-state index contributed by atoms with van der Waals surface area (Å²) in [4.78, 5) is 10.4. The minimum Gasteiger partial charge on any atom is -0.354 e. The summed E-state index contributed by atoms with van der Waals surface area (Å²) in [6.45, 7) is 1.90. The van der Waals surface area contributed by atoms with Gasteiger partial charge in [-0.2, -0.15) is 0 Å². The highest BCUT2D eigenvalue weighted by atomic mass is 35.5. The van der Waals surface area contributed by atoms with Crippen molar-refractivity contribution in [1.29, 1.82) is 0 Å². The largest absolute Gasteiger partial charge is 0.354 e. The lowest BCUT2D eigenvalue weighted by Crippen LogP contribution is -2.26. The van der Waals surface area contributed by atoms with Gasteiger partial charge in [0.1, 0.15) is 5.82 Å². The molecule has 0 aromatic carbocycles. The topological polar surface area (TPSA) is 55.0 Å². The van der Waals surface area contributed by atoms with Crippen molar-refractivity contribution in [3.05, 3.63) is 18.6 Å². The van der Waals surface area contributed by atoms with E-state index in [-0.39, 0.29) is 24.8 Å². The Morgan fingerprint density at radius 1 is 1.36 bits per heavy atom. The Bertz CT molecular complexity index is 257. The van der Waals surface area contributed by atoms with E-state index in [1.165, 1.54) is 0 Å². The molecule has 14 heavy (non-hydrogen) atoms. The Balaban J connectivity index is 0.000000845. The molecule has 2 N–H and O–H groups in total. The van der Waals surface area contributed by atoms with Crippen LogP contribution in [0.1, 0.15) is 6.42 Å². The smallest absolute Gasteiger partial charge is 0.147 e. The van der Waals surface area contributed by atoms with Gasteiger partial charge in [-0.1, -0.05) is 0 Å². The minimum absolute atomic E-state index is 0. The first-order chi connectivity index (χ1) is 5.86. The summed E-state index contributed by atoms with van der Waals surface area (Å²) < 4.78 is 0. The van der Waals surface area contributed by atoms with Gasteiger partial charge in [0, 0.05) is 31.5 Å². The molecular formula is C8H14Cl2N4. The molecule has 0 spiro atoms. The zero-order chi connectivity index (χ0) is 8.39. The Morgan fingerprint density at radius 2 is 2.14 bits per heavy atom. The van der Waals surface area contributed by atoms with Crippen LogP contribution >= 0.6 is 24.8 Å². The Hall–Kier alpha value is -0.580. The molecule has 0 aliphatic carbocycles. The number of halogens is 2. The summed E-state index contributed by atoms with van der Waals surface area (Å²) in [6, 6.07) is 0.298. The summed E-state index contributed by atoms with van der Waals surface area (Å²) in [5.41, 5.74) is 5.77. The van der Waals surface area contributed by atoms with Gasteiger partial charge in [-0.05, 0) is 6.42 Å². The van der Waals surface area contributed by atoms with Crippen molar-refractivity contribution in [2.45, 2.75) is 12.5 Å². The molecule has 4 nitrogen and oxygen atoms in total. The van der Waals surface area contributed by atoms with Gasteiger partial charge in [0.2, 0.25) is 0 Å². The second-order valence-corrected chi connectivity index (χ2v) is 3.06. The lowest BCUT2D eigenvalue weighted by atomic mass is 10.3. The summed E-state index contributed by atoms with van der Waals surface area (Å²) in [5, 5.41) is 0. The van der Waals surface area contributed by atoms with Crippen LogP contribution in [0.2, 0.25) is 0 Å². The molecule has 80 valence electrons. The third-order valence-corrected chi connectivity index (χ3v) is 2.10. The molecule has 1 aromatic heterocycles. The molecule has 1 fully saturated rings. The Labute approximate surface area is 95.7 Å². The summed E-state index contributed by atoms with van der Waals surface area (Å²) >= 11 is 0. The van der Waals surface area contributed by atoms with Gasteiger partial charge in [0.25, 0.3) is 0 Å². The average Bonchev–Trinajstić information content (AvgIpc) is 2.54. The molecular weight excluding hydrogens is 223 g/mol. The Morgan fingerprint density at radius 3 is 2.64 bits per heavy atom. The number of rotatable bonds is 1. The SMILES string of the molecule is Cl.Cl.N[C@@H]1CCN(c2cnccn2)C1. The van der Waals surface area contributed by atoms with Crippen molar-refractivity contribution < 1.29 is 0 Å². The van der Waals surface area contributed by atoms with E-state index >= 15 is 0 Å². The monoisotopic (exact) mass is 236 g/mol. The second kappa shape index (κ2) is 6.01. The molecule has 1 aliphatic rings. The molecule has 2 rings (SSSR count). The van der Waals surface area contributed by atoms with Gasteiger partial charge < -0.3 is 10.6 Å². The molecule has 0 unspecified atom stereocenters. The maximum Gasteiger partial charge on any atom is 0.147 e. The number of aromatic nitrogens is 2. The lowest BCUT2D eigenvalue weighted by molar-refractivity contribution is 0.751. The zero-order valence-corrected chi connectivity index (χ0v) is 9.30. The quantitative estimate of drug-likeness (QED) is 0.787. The molecule has 1 saturated heterocycles. The van der Waals surface area contributed by atoms with E-state index < -0.39 is 0 Å². The van der Waals surface area contributed by atoms with Gasteiger partial charge in [0.05, 0.1) is 6.20 Å². The summed E-state index contributed by atoms with van der Waals surface area (Å²) in [5.74, 6) is 0.936. The maximum absolute atomic E-state index is 5.77. The fourth-order valence-corrected chi connectivity index (χ4v) is 1.45. The summed E-state index contributed by atoms with van der Waals surface area (Å²) in [6.07, 6.45) is 6.22. The van der Waals surface area contributed by atoms with Crippen LogP contribution in [0, 0.1) is 0 Å². The van der Waals surface area contributed by atoms with Gasteiger partial charge in [-0.3, -0.25) is 4.98 Å². The van der Waals surface area contributed by atoms with Crippen molar-refractivity contribution >= 4 is 30.6 Å². The normalized spacial score (nSPS) is 19.8. The van der Waals surface area contributed by atoms with Crippen LogP contribution in [0.15, 0.2) is 18.6 Å². The van der Waals surface area contributed by atoms with Crippen LogP contribution in [-0.2, 0) is 0 Å². The lowest BCUT2D eigenvalue weighted by Gasteiger charge is -2.15. The number of anilines is 1. The van der Waals surface area contributed by atoms with E-state index in [0.29, 0.717) is 6.04 Å². The molecule has 6 heteroatoms. The van der Waals surface area contributed by atoms with Crippen molar-refractivity contribution in [2.75, 3.05) is 18.0 Å².